The first-order chi connectivity index (χ1) is 11.5. The summed E-state index contributed by atoms with van der Waals surface area (Å²) >= 11 is 0. The van der Waals surface area contributed by atoms with Gasteiger partial charge >= 0.3 is 0 Å². The summed E-state index contributed by atoms with van der Waals surface area (Å²) in [6.45, 7) is 1.48. The van der Waals surface area contributed by atoms with Crippen LogP contribution in [0.3, 0.4) is 0 Å². The molecule has 0 radical (unpaired) electrons. The topological polar surface area (TPSA) is 47.4 Å². The molecule has 0 saturated heterocycles. The van der Waals surface area contributed by atoms with Gasteiger partial charge in [0.05, 0.1) is 11.9 Å². The maximum Gasteiger partial charge on any atom is 0.239 e. The standard InChI is InChI=1S/C18H16FN3O2/c1-13(23)21(2)22-18(11-12-20-22)14-3-7-16(8-4-14)24-17-9-5-15(19)6-10-17/h3-12H,1-2H3. The zero-order valence-corrected chi connectivity index (χ0v) is 13.3. The molecule has 3 aromatic rings. The van der Waals surface area contributed by atoms with E-state index < -0.39 is 0 Å². The van der Waals surface area contributed by atoms with Crippen molar-refractivity contribution in [1.29, 1.82) is 0 Å². The van der Waals surface area contributed by atoms with Gasteiger partial charge in [0, 0.05) is 19.5 Å². The Morgan fingerprint density at radius 2 is 1.62 bits per heavy atom. The van der Waals surface area contributed by atoms with Crippen molar-refractivity contribution in [2.75, 3.05) is 12.1 Å². The number of benzene rings is 2. The molecule has 0 fully saturated rings. The smallest absolute Gasteiger partial charge is 0.239 e. The van der Waals surface area contributed by atoms with Crippen LogP contribution in [0.4, 0.5) is 4.39 Å². The molecule has 1 heterocycles. The van der Waals surface area contributed by atoms with Gasteiger partial charge in [-0.2, -0.15) is 9.89 Å². The number of hydrogen-bond donors (Lipinski definition) is 0. The van der Waals surface area contributed by atoms with E-state index in [2.05, 4.69) is 5.10 Å². The number of nitrogens with zero attached hydrogens (tertiary/aromatic N) is 3. The van der Waals surface area contributed by atoms with Gasteiger partial charge in [-0.15, -0.1) is 0 Å². The zero-order valence-electron chi connectivity index (χ0n) is 13.3. The van der Waals surface area contributed by atoms with Gasteiger partial charge < -0.3 is 4.74 Å². The minimum absolute atomic E-state index is 0.115. The number of aromatic nitrogens is 2. The lowest BCUT2D eigenvalue weighted by Gasteiger charge is -2.18. The fourth-order valence-corrected chi connectivity index (χ4v) is 2.21. The summed E-state index contributed by atoms with van der Waals surface area (Å²) in [7, 11) is 1.66. The Balaban J connectivity index is 1.81. The average Bonchev–Trinajstić information content (AvgIpc) is 3.06. The summed E-state index contributed by atoms with van der Waals surface area (Å²) < 4.78 is 18.6. The summed E-state index contributed by atoms with van der Waals surface area (Å²) in [6.07, 6.45) is 1.64. The van der Waals surface area contributed by atoms with Crippen LogP contribution in [0, 0.1) is 5.82 Å². The van der Waals surface area contributed by atoms with E-state index in [0.717, 1.165) is 11.3 Å². The number of halogens is 1. The van der Waals surface area contributed by atoms with Crippen molar-refractivity contribution in [3.05, 3.63) is 66.6 Å². The highest BCUT2D eigenvalue weighted by molar-refractivity contribution is 5.83. The van der Waals surface area contributed by atoms with Gasteiger partial charge in [0.15, 0.2) is 0 Å². The molecule has 2 aromatic carbocycles. The molecule has 24 heavy (non-hydrogen) atoms. The molecule has 0 atom stereocenters. The van der Waals surface area contributed by atoms with E-state index in [1.807, 2.05) is 30.3 Å². The molecule has 0 aliphatic rings. The third-order valence-corrected chi connectivity index (χ3v) is 3.56. The summed E-state index contributed by atoms with van der Waals surface area (Å²) in [5.74, 6) is 0.776. The predicted molar refractivity (Wildman–Crippen MR) is 89.0 cm³/mol. The molecule has 3 rings (SSSR count). The molecule has 0 bridgehead atoms. The Labute approximate surface area is 138 Å². The van der Waals surface area contributed by atoms with Crippen LogP contribution in [0.15, 0.2) is 60.8 Å². The molecule has 0 spiro atoms. The van der Waals surface area contributed by atoms with Crippen molar-refractivity contribution in [2.45, 2.75) is 6.92 Å². The van der Waals surface area contributed by atoms with Crippen LogP contribution in [-0.4, -0.2) is 22.8 Å². The molecule has 1 amide bonds. The second kappa shape index (κ2) is 6.54. The van der Waals surface area contributed by atoms with E-state index in [4.69, 9.17) is 4.74 Å². The second-order valence-corrected chi connectivity index (χ2v) is 5.23. The monoisotopic (exact) mass is 325 g/mol. The zero-order chi connectivity index (χ0) is 17.1. The highest BCUT2D eigenvalue weighted by Crippen LogP contribution is 2.26. The molecule has 0 saturated carbocycles. The predicted octanol–water partition coefficient (Wildman–Crippen LogP) is 3.60. The Morgan fingerprint density at radius 1 is 1.04 bits per heavy atom. The van der Waals surface area contributed by atoms with Crippen molar-refractivity contribution in [3.63, 3.8) is 0 Å². The summed E-state index contributed by atoms with van der Waals surface area (Å²) in [5, 5.41) is 5.60. The number of hydrogen-bond acceptors (Lipinski definition) is 3. The minimum atomic E-state index is -0.305. The fraction of sp³-hybridized carbons (Fsp3) is 0.111. The van der Waals surface area contributed by atoms with Gasteiger partial charge in [0.1, 0.15) is 17.3 Å². The van der Waals surface area contributed by atoms with E-state index in [9.17, 15) is 9.18 Å². The lowest BCUT2D eigenvalue weighted by molar-refractivity contribution is -0.117. The number of rotatable bonds is 4. The highest BCUT2D eigenvalue weighted by atomic mass is 19.1. The van der Waals surface area contributed by atoms with E-state index in [1.165, 1.54) is 28.9 Å². The van der Waals surface area contributed by atoms with Gasteiger partial charge in [-0.05, 0) is 54.6 Å². The van der Waals surface area contributed by atoms with Crippen molar-refractivity contribution in [1.82, 2.24) is 9.89 Å². The molecule has 1 aromatic heterocycles. The molecular weight excluding hydrogens is 309 g/mol. The third kappa shape index (κ3) is 3.27. The lowest BCUT2D eigenvalue weighted by atomic mass is 10.1. The van der Waals surface area contributed by atoms with Crippen molar-refractivity contribution in [3.8, 4) is 22.8 Å². The normalized spacial score (nSPS) is 10.5. The number of amides is 1. The molecule has 5 nitrogen and oxygen atoms in total. The molecule has 122 valence electrons. The van der Waals surface area contributed by atoms with Crippen molar-refractivity contribution < 1.29 is 13.9 Å². The second-order valence-electron chi connectivity index (χ2n) is 5.23. The van der Waals surface area contributed by atoms with Crippen LogP contribution in [0.2, 0.25) is 0 Å². The first-order valence-electron chi connectivity index (χ1n) is 7.37. The van der Waals surface area contributed by atoms with Crippen LogP contribution in [0.5, 0.6) is 11.5 Å². The SMILES string of the molecule is CC(=O)N(C)n1nccc1-c1ccc(Oc2ccc(F)cc2)cc1. The Bertz CT molecular complexity index is 841. The van der Waals surface area contributed by atoms with Crippen LogP contribution in [0.1, 0.15) is 6.92 Å². The maximum absolute atomic E-state index is 12.9. The Morgan fingerprint density at radius 3 is 2.21 bits per heavy atom. The molecule has 6 heteroatoms. The third-order valence-electron chi connectivity index (χ3n) is 3.56. The van der Waals surface area contributed by atoms with Crippen LogP contribution >= 0.6 is 0 Å². The average molecular weight is 325 g/mol. The first kappa shape index (κ1) is 15.7. The van der Waals surface area contributed by atoms with Gasteiger partial charge in [-0.25, -0.2) is 9.40 Å². The van der Waals surface area contributed by atoms with Crippen LogP contribution in [-0.2, 0) is 4.79 Å². The Hall–Kier alpha value is -3.15. The summed E-state index contributed by atoms with van der Waals surface area (Å²) in [5.41, 5.74) is 1.69. The van der Waals surface area contributed by atoms with E-state index in [1.54, 1.807) is 25.4 Å². The first-order valence-corrected chi connectivity index (χ1v) is 7.37. The Kier molecular flexibility index (Phi) is 4.29. The lowest BCUT2D eigenvalue weighted by Crippen LogP contribution is -2.35. The van der Waals surface area contributed by atoms with Crippen LogP contribution in [0.25, 0.3) is 11.3 Å². The number of ether oxygens (including phenoxy) is 1. The van der Waals surface area contributed by atoms with Crippen molar-refractivity contribution in [2.24, 2.45) is 0 Å². The molecule has 0 aliphatic heterocycles. The maximum atomic E-state index is 12.9. The van der Waals surface area contributed by atoms with Crippen molar-refractivity contribution >= 4 is 5.91 Å². The number of carbonyl (C=O) groups excluding carboxylic acids is 1. The van der Waals surface area contributed by atoms with Gasteiger partial charge in [-0.1, -0.05) is 0 Å². The molecule has 0 unspecified atom stereocenters. The quantitative estimate of drug-likeness (QED) is 0.736. The summed E-state index contributed by atoms with van der Waals surface area (Å²) in [4.78, 5) is 13.1. The minimum Gasteiger partial charge on any atom is -0.457 e. The van der Waals surface area contributed by atoms with Gasteiger partial charge in [0.2, 0.25) is 5.91 Å². The summed E-state index contributed by atoms with van der Waals surface area (Å²) in [6, 6.07) is 15.0. The van der Waals surface area contributed by atoms with E-state index in [0.29, 0.717) is 11.5 Å². The van der Waals surface area contributed by atoms with Gasteiger partial charge in [0.25, 0.3) is 0 Å². The highest BCUT2D eigenvalue weighted by Gasteiger charge is 2.12. The fourth-order valence-electron chi connectivity index (χ4n) is 2.21. The van der Waals surface area contributed by atoms with Gasteiger partial charge in [-0.3, -0.25) is 4.79 Å². The molecule has 0 N–H and O–H groups in total. The molecule has 0 aliphatic carbocycles. The van der Waals surface area contributed by atoms with Crippen LogP contribution < -0.4 is 9.75 Å². The largest absolute Gasteiger partial charge is 0.457 e. The van der Waals surface area contributed by atoms with E-state index in [-0.39, 0.29) is 11.7 Å². The molecular formula is C18H16FN3O2. The van der Waals surface area contributed by atoms with E-state index >= 15 is 0 Å². The number of carbonyl (C=O) groups is 1.